The van der Waals surface area contributed by atoms with Crippen LogP contribution in [0.1, 0.15) is 12.5 Å². The first-order valence-corrected chi connectivity index (χ1v) is 8.15. The van der Waals surface area contributed by atoms with Crippen molar-refractivity contribution < 1.29 is 8.42 Å². The molecule has 1 aromatic rings. The van der Waals surface area contributed by atoms with Crippen molar-refractivity contribution in [3.8, 4) is 0 Å². The average Bonchev–Trinajstić information content (AvgIpc) is 2.32. The maximum absolute atomic E-state index is 12.6. The third kappa shape index (κ3) is 2.47. The van der Waals surface area contributed by atoms with Gasteiger partial charge in [-0.15, -0.1) is 0 Å². The molecule has 0 saturated carbocycles. The molecule has 1 N–H and O–H groups in total. The molecule has 0 aliphatic carbocycles. The molecule has 18 heavy (non-hydrogen) atoms. The van der Waals surface area contributed by atoms with Gasteiger partial charge in [0.05, 0.1) is 4.90 Å². The summed E-state index contributed by atoms with van der Waals surface area (Å²) >= 11 is 3.38. The van der Waals surface area contributed by atoms with Crippen LogP contribution in [-0.4, -0.2) is 38.4 Å². The van der Waals surface area contributed by atoms with Crippen LogP contribution in [-0.2, 0) is 10.0 Å². The summed E-state index contributed by atoms with van der Waals surface area (Å²) in [6.45, 7) is 5.73. The van der Waals surface area contributed by atoms with E-state index >= 15 is 0 Å². The van der Waals surface area contributed by atoms with E-state index < -0.39 is 10.0 Å². The summed E-state index contributed by atoms with van der Waals surface area (Å²) in [7, 11) is -3.42. The summed E-state index contributed by atoms with van der Waals surface area (Å²) in [6, 6.07) is 5.31. The second-order valence-corrected chi connectivity index (χ2v) is 7.21. The third-order valence-corrected chi connectivity index (χ3v) is 6.55. The van der Waals surface area contributed by atoms with Crippen molar-refractivity contribution in [3.63, 3.8) is 0 Å². The highest BCUT2D eigenvalue weighted by Gasteiger charge is 2.32. The van der Waals surface area contributed by atoms with E-state index in [0.29, 0.717) is 29.0 Å². The summed E-state index contributed by atoms with van der Waals surface area (Å²) in [6.07, 6.45) is 0. The zero-order valence-electron chi connectivity index (χ0n) is 10.5. The van der Waals surface area contributed by atoms with E-state index in [4.69, 9.17) is 0 Å². The Kier molecular flexibility index (Phi) is 4.11. The summed E-state index contributed by atoms with van der Waals surface area (Å²) in [5.41, 5.74) is 0.930. The first-order valence-electron chi connectivity index (χ1n) is 5.92. The van der Waals surface area contributed by atoms with Crippen LogP contribution >= 0.6 is 15.9 Å². The number of sulfonamides is 1. The van der Waals surface area contributed by atoms with Gasteiger partial charge < -0.3 is 5.32 Å². The quantitative estimate of drug-likeness (QED) is 0.897. The molecule has 0 unspecified atom stereocenters. The molecule has 0 radical (unpaired) electrons. The Morgan fingerprint density at radius 1 is 1.44 bits per heavy atom. The first-order chi connectivity index (χ1) is 8.44. The maximum Gasteiger partial charge on any atom is 0.244 e. The fourth-order valence-electron chi connectivity index (χ4n) is 2.13. The molecule has 6 heteroatoms. The van der Waals surface area contributed by atoms with Gasteiger partial charge in [-0.3, -0.25) is 0 Å². The second kappa shape index (κ2) is 5.28. The highest BCUT2D eigenvalue weighted by molar-refractivity contribution is 9.10. The molecule has 1 heterocycles. The smallest absolute Gasteiger partial charge is 0.244 e. The van der Waals surface area contributed by atoms with Crippen molar-refractivity contribution in [1.82, 2.24) is 9.62 Å². The molecule has 1 fully saturated rings. The number of nitrogens with zero attached hydrogens (tertiary/aromatic N) is 1. The molecule has 4 nitrogen and oxygen atoms in total. The highest BCUT2D eigenvalue weighted by atomic mass is 79.9. The molecule has 1 atom stereocenters. The minimum atomic E-state index is -3.42. The van der Waals surface area contributed by atoms with Gasteiger partial charge in [-0.25, -0.2) is 8.42 Å². The SMILES string of the molecule is Cc1cccc(S(=O)(=O)N2CCNC[C@H]2C)c1Br. The Balaban J connectivity index is 2.44. The molecule has 0 amide bonds. The predicted molar refractivity (Wildman–Crippen MR) is 75.1 cm³/mol. The Morgan fingerprint density at radius 3 is 2.83 bits per heavy atom. The molecular formula is C12H17BrN2O2S. The van der Waals surface area contributed by atoms with Crippen molar-refractivity contribution in [2.24, 2.45) is 0 Å². The van der Waals surface area contributed by atoms with Gasteiger partial charge in [0.25, 0.3) is 0 Å². The van der Waals surface area contributed by atoms with Crippen molar-refractivity contribution in [2.75, 3.05) is 19.6 Å². The molecule has 1 saturated heterocycles. The predicted octanol–water partition coefficient (Wildman–Crippen LogP) is 1.74. The molecular weight excluding hydrogens is 316 g/mol. The normalized spacial score (nSPS) is 22.1. The lowest BCUT2D eigenvalue weighted by molar-refractivity contribution is 0.283. The summed E-state index contributed by atoms with van der Waals surface area (Å²) in [4.78, 5) is 0.358. The van der Waals surface area contributed by atoms with Crippen LogP contribution in [0.15, 0.2) is 27.6 Å². The van der Waals surface area contributed by atoms with E-state index in [-0.39, 0.29) is 6.04 Å². The standard InChI is InChI=1S/C12H17BrN2O2S/c1-9-4-3-5-11(12(9)13)18(16,17)15-7-6-14-8-10(15)2/h3-5,10,14H,6-8H2,1-2H3/t10-/m1/s1. The van der Waals surface area contributed by atoms with Gasteiger partial charge in [-0.1, -0.05) is 12.1 Å². The van der Waals surface area contributed by atoms with E-state index in [2.05, 4.69) is 21.2 Å². The molecule has 1 aromatic carbocycles. The van der Waals surface area contributed by atoms with Gasteiger partial charge in [0, 0.05) is 30.1 Å². The number of aryl methyl sites for hydroxylation is 1. The number of halogens is 1. The maximum atomic E-state index is 12.6. The largest absolute Gasteiger partial charge is 0.314 e. The van der Waals surface area contributed by atoms with Crippen molar-refractivity contribution in [2.45, 2.75) is 24.8 Å². The van der Waals surface area contributed by atoms with Crippen LogP contribution in [0.5, 0.6) is 0 Å². The van der Waals surface area contributed by atoms with Crippen LogP contribution in [0.4, 0.5) is 0 Å². The van der Waals surface area contributed by atoms with Gasteiger partial charge in [-0.2, -0.15) is 4.31 Å². The van der Waals surface area contributed by atoms with Gasteiger partial charge in [0.1, 0.15) is 0 Å². The molecule has 2 rings (SSSR count). The lowest BCUT2D eigenvalue weighted by Gasteiger charge is -2.33. The topological polar surface area (TPSA) is 49.4 Å². The fraction of sp³-hybridized carbons (Fsp3) is 0.500. The Morgan fingerprint density at radius 2 is 2.17 bits per heavy atom. The van der Waals surface area contributed by atoms with E-state index in [0.717, 1.165) is 5.56 Å². The van der Waals surface area contributed by atoms with Gasteiger partial charge in [0.15, 0.2) is 0 Å². The number of piperazine rings is 1. The summed E-state index contributed by atoms with van der Waals surface area (Å²) in [5, 5.41) is 3.20. The van der Waals surface area contributed by atoms with Gasteiger partial charge in [0.2, 0.25) is 10.0 Å². The van der Waals surface area contributed by atoms with Crippen molar-refractivity contribution in [3.05, 3.63) is 28.2 Å². The number of benzene rings is 1. The Bertz CT molecular complexity index is 545. The Labute approximate surface area is 117 Å². The minimum Gasteiger partial charge on any atom is -0.314 e. The first kappa shape index (κ1) is 14.0. The van der Waals surface area contributed by atoms with Gasteiger partial charge >= 0.3 is 0 Å². The van der Waals surface area contributed by atoms with E-state index in [1.165, 1.54) is 0 Å². The van der Waals surface area contributed by atoms with Crippen LogP contribution < -0.4 is 5.32 Å². The number of rotatable bonds is 2. The van der Waals surface area contributed by atoms with Crippen molar-refractivity contribution >= 4 is 26.0 Å². The molecule has 100 valence electrons. The monoisotopic (exact) mass is 332 g/mol. The van der Waals surface area contributed by atoms with Crippen LogP contribution in [0.3, 0.4) is 0 Å². The molecule has 1 aliphatic rings. The average molecular weight is 333 g/mol. The molecule has 0 aromatic heterocycles. The van der Waals surface area contributed by atoms with Crippen LogP contribution in [0.2, 0.25) is 0 Å². The van der Waals surface area contributed by atoms with E-state index in [1.807, 2.05) is 19.9 Å². The second-order valence-electron chi connectivity index (χ2n) is 4.56. The van der Waals surface area contributed by atoms with E-state index in [1.54, 1.807) is 16.4 Å². The number of nitrogens with one attached hydrogen (secondary N) is 1. The zero-order chi connectivity index (χ0) is 13.3. The molecule has 0 bridgehead atoms. The molecule has 0 spiro atoms. The number of hydrogen-bond acceptors (Lipinski definition) is 3. The fourth-order valence-corrected chi connectivity index (χ4v) is 4.77. The zero-order valence-corrected chi connectivity index (χ0v) is 12.9. The van der Waals surface area contributed by atoms with Crippen molar-refractivity contribution in [1.29, 1.82) is 0 Å². The summed E-state index contributed by atoms with van der Waals surface area (Å²) in [5.74, 6) is 0. The number of hydrogen-bond donors (Lipinski definition) is 1. The lowest BCUT2D eigenvalue weighted by atomic mass is 10.2. The van der Waals surface area contributed by atoms with Crippen LogP contribution in [0, 0.1) is 6.92 Å². The molecule has 1 aliphatic heterocycles. The lowest BCUT2D eigenvalue weighted by Crippen LogP contribution is -2.52. The van der Waals surface area contributed by atoms with E-state index in [9.17, 15) is 8.42 Å². The minimum absolute atomic E-state index is 0.0174. The Hall–Kier alpha value is -0.430. The van der Waals surface area contributed by atoms with Crippen LogP contribution in [0.25, 0.3) is 0 Å². The highest BCUT2D eigenvalue weighted by Crippen LogP contribution is 2.29. The summed E-state index contributed by atoms with van der Waals surface area (Å²) < 4.78 is 27.5. The third-order valence-electron chi connectivity index (χ3n) is 3.18. The van der Waals surface area contributed by atoms with Gasteiger partial charge in [-0.05, 0) is 41.4 Å².